The fraction of sp³-hybridized carbons (Fsp3) is 0.333. The van der Waals surface area contributed by atoms with Gasteiger partial charge in [-0.3, -0.25) is 4.79 Å². The number of esters is 1. The van der Waals surface area contributed by atoms with Gasteiger partial charge < -0.3 is 14.8 Å². The predicted molar refractivity (Wildman–Crippen MR) is 98.3 cm³/mol. The number of amides is 1. The van der Waals surface area contributed by atoms with E-state index in [-0.39, 0.29) is 12.5 Å². The van der Waals surface area contributed by atoms with E-state index in [1.807, 2.05) is 17.5 Å². The van der Waals surface area contributed by atoms with Crippen molar-refractivity contribution in [2.75, 3.05) is 18.5 Å². The van der Waals surface area contributed by atoms with E-state index in [2.05, 4.69) is 5.32 Å². The number of thiophene rings is 1. The van der Waals surface area contributed by atoms with Crippen LogP contribution in [0.1, 0.15) is 30.1 Å². The largest absolute Gasteiger partial charge is 0.462 e. The van der Waals surface area contributed by atoms with Crippen LogP contribution in [0.15, 0.2) is 29.6 Å². The van der Waals surface area contributed by atoms with Crippen molar-refractivity contribution in [3.63, 3.8) is 0 Å². The zero-order valence-electron chi connectivity index (χ0n) is 13.7. The molecule has 3 rings (SSSR count). The molecule has 0 bridgehead atoms. The Morgan fingerprint density at radius 2 is 2.12 bits per heavy atom. The highest BCUT2D eigenvalue weighted by molar-refractivity contribution is 7.15. The summed E-state index contributed by atoms with van der Waals surface area (Å²) in [5, 5.41) is 5.75. The average molecular weight is 380 g/mol. The molecule has 1 atom stereocenters. The van der Waals surface area contributed by atoms with Crippen molar-refractivity contribution in [2.45, 2.75) is 25.9 Å². The van der Waals surface area contributed by atoms with E-state index in [9.17, 15) is 9.59 Å². The predicted octanol–water partition coefficient (Wildman–Crippen LogP) is 4.36. The van der Waals surface area contributed by atoms with Crippen LogP contribution >= 0.6 is 22.9 Å². The van der Waals surface area contributed by atoms with Gasteiger partial charge in [-0.25, -0.2) is 4.79 Å². The molecular weight excluding hydrogens is 362 g/mol. The topological polar surface area (TPSA) is 64.6 Å². The summed E-state index contributed by atoms with van der Waals surface area (Å²) in [7, 11) is 0. The number of benzene rings is 1. The molecular formula is C18H18ClNO4S. The number of carbonyl (C=O) groups excluding carboxylic acids is 2. The molecule has 1 fully saturated rings. The van der Waals surface area contributed by atoms with Crippen molar-refractivity contribution in [1.82, 2.24) is 0 Å². The Hall–Kier alpha value is -1.89. The van der Waals surface area contributed by atoms with Crippen molar-refractivity contribution >= 4 is 39.8 Å². The Labute approximate surface area is 154 Å². The van der Waals surface area contributed by atoms with Gasteiger partial charge in [0.1, 0.15) is 16.7 Å². The van der Waals surface area contributed by atoms with E-state index < -0.39 is 12.1 Å². The van der Waals surface area contributed by atoms with Crippen molar-refractivity contribution in [2.24, 2.45) is 0 Å². The summed E-state index contributed by atoms with van der Waals surface area (Å²) in [4.78, 5) is 24.8. The molecule has 1 aliphatic heterocycles. The fourth-order valence-electron chi connectivity index (χ4n) is 2.67. The van der Waals surface area contributed by atoms with Crippen LogP contribution < -0.4 is 5.32 Å². The average Bonchev–Trinajstić information content (AvgIpc) is 3.25. The highest BCUT2D eigenvalue weighted by atomic mass is 35.5. The van der Waals surface area contributed by atoms with E-state index in [4.69, 9.17) is 21.1 Å². The first-order chi connectivity index (χ1) is 12.1. The van der Waals surface area contributed by atoms with Gasteiger partial charge in [-0.05, 0) is 37.5 Å². The van der Waals surface area contributed by atoms with Crippen LogP contribution in [0.2, 0.25) is 5.02 Å². The number of nitrogens with one attached hydrogen (secondary N) is 1. The van der Waals surface area contributed by atoms with Crippen LogP contribution in [0.4, 0.5) is 5.00 Å². The van der Waals surface area contributed by atoms with Gasteiger partial charge in [-0.15, -0.1) is 11.3 Å². The molecule has 7 heteroatoms. The normalized spacial score (nSPS) is 16.6. The lowest BCUT2D eigenvalue weighted by Crippen LogP contribution is -2.27. The van der Waals surface area contributed by atoms with E-state index in [0.29, 0.717) is 34.2 Å². The van der Waals surface area contributed by atoms with Gasteiger partial charge in [-0.2, -0.15) is 0 Å². The third kappa shape index (κ3) is 4.03. The maximum Gasteiger partial charge on any atom is 0.341 e. The molecule has 0 unspecified atom stereocenters. The lowest BCUT2D eigenvalue weighted by molar-refractivity contribution is -0.124. The van der Waals surface area contributed by atoms with Crippen LogP contribution in [0, 0.1) is 0 Å². The molecule has 25 heavy (non-hydrogen) atoms. The summed E-state index contributed by atoms with van der Waals surface area (Å²) >= 11 is 7.23. The summed E-state index contributed by atoms with van der Waals surface area (Å²) in [6, 6.07) is 7.18. The smallest absolute Gasteiger partial charge is 0.341 e. The summed E-state index contributed by atoms with van der Waals surface area (Å²) in [6.45, 7) is 2.59. The standard InChI is InChI=1S/C18H18ClNO4S/c1-2-23-18(22)15-13(11-5-7-12(19)8-6-11)10-25-17(15)20-16(21)14-4-3-9-24-14/h5-8,10,14H,2-4,9H2,1H3,(H,20,21)/t14-/m1/s1. The lowest BCUT2D eigenvalue weighted by atomic mass is 10.0. The Balaban J connectivity index is 1.93. The van der Waals surface area contributed by atoms with Gasteiger partial charge in [-0.1, -0.05) is 23.7 Å². The molecule has 2 heterocycles. The SMILES string of the molecule is CCOC(=O)c1c(-c2ccc(Cl)cc2)csc1NC(=O)[C@H]1CCCO1. The number of hydrogen-bond acceptors (Lipinski definition) is 5. The maximum atomic E-state index is 12.5. The summed E-state index contributed by atoms with van der Waals surface area (Å²) < 4.78 is 10.6. The van der Waals surface area contributed by atoms with Crippen LogP contribution in [-0.4, -0.2) is 31.2 Å². The van der Waals surface area contributed by atoms with Crippen molar-refractivity contribution in [3.8, 4) is 11.1 Å². The summed E-state index contributed by atoms with van der Waals surface area (Å²) in [5.41, 5.74) is 1.91. The number of hydrogen-bond donors (Lipinski definition) is 1. The van der Waals surface area contributed by atoms with Gasteiger partial charge in [0.05, 0.1) is 6.61 Å². The summed E-state index contributed by atoms with van der Waals surface area (Å²) in [5.74, 6) is -0.691. The van der Waals surface area contributed by atoms with Crippen LogP contribution in [-0.2, 0) is 14.3 Å². The molecule has 1 aromatic carbocycles. The Kier molecular flexibility index (Phi) is 5.73. The maximum absolute atomic E-state index is 12.5. The highest BCUT2D eigenvalue weighted by Crippen LogP contribution is 2.37. The third-order valence-corrected chi connectivity index (χ3v) is 5.03. The van der Waals surface area contributed by atoms with Gasteiger partial charge in [0.2, 0.25) is 0 Å². The number of ether oxygens (including phenoxy) is 2. The molecule has 132 valence electrons. The zero-order chi connectivity index (χ0) is 17.8. The number of carbonyl (C=O) groups is 2. The highest BCUT2D eigenvalue weighted by Gasteiger charge is 2.27. The number of rotatable bonds is 5. The first kappa shape index (κ1) is 17.9. The Morgan fingerprint density at radius 1 is 1.36 bits per heavy atom. The van der Waals surface area contributed by atoms with Gasteiger partial charge in [0.15, 0.2) is 0 Å². The minimum Gasteiger partial charge on any atom is -0.462 e. The number of anilines is 1. The van der Waals surface area contributed by atoms with Crippen LogP contribution in [0.3, 0.4) is 0 Å². The second-order valence-electron chi connectivity index (χ2n) is 5.57. The minimum atomic E-state index is -0.462. The first-order valence-corrected chi connectivity index (χ1v) is 9.33. The second kappa shape index (κ2) is 7.99. The molecule has 1 aliphatic rings. The van der Waals surface area contributed by atoms with E-state index in [1.165, 1.54) is 11.3 Å². The second-order valence-corrected chi connectivity index (χ2v) is 6.89. The molecule has 1 saturated heterocycles. The molecule has 5 nitrogen and oxygen atoms in total. The fourth-order valence-corrected chi connectivity index (χ4v) is 3.76. The molecule has 0 radical (unpaired) electrons. The van der Waals surface area contributed by atoms with Gasteiger partial charge >= 0.3 is 5.97 Å². The monoisotopic (exact) mass is 379 g/mol. The lowest BCUT2D eigenvalue weighted by Gasteiger charge is -2.11. The molecule has 1 aromatic heterocycles. The third-order valence-electron chi connectivity index (χ3n) is 3.88. The molecule has 1 amide bonds. The van der Waals surface area contributed by atoms with Gasteiger partial charge in [0, 0.05) is 22.6 Å². The van der Waals surface area contributed by atoms with Crippen molar-refractivity contribution in [1.29, 1.82) is 0 Å². The minimum absolute atomic E-state index is 0.229. The van der Waals surface area contributed by atoms with Gasteiger partial charge in [0.25, 0.3) is 5.91 Å². The molecule has 0 saturated carbocycles. The molecule has 0 aliphatic carbocycles. The zero-order valence-corrected chi connectivity index (χ0v) is 15.3. The van der Waals surface area contributed by atoms with E-state index >= 15 is 0 Å². The van der Waals surface area contributed by atoms with E-state index in [1.54, 1.807) is 19.1 Å². The van der Waals surface area contributed by atoms with E-state index in [0.717, 1.165) is 12.0 Å². The van der Waals surface area contributed by atoms with Crippen LogP contribution in [0.5, 0.6) is 0 Å². The summed E-state index contributed by atoms with van der Waals surface area (Å²) in [6.07, 6.45) is 1.09. The Bertz CT molecular complexity index is 766. The van der Waals surface area contributed by atoms with Crippen molar-refractivity contribution in [3.05, 3.63) is 40.2 Å². The van der Waals surface area contributed by atoms with Crippen molar-refractivity contribution < 1.29 is 19.1 Å². The quantitative estimate of drug-likeness (QED) is 0.784. The molecule has 2 aromatic rings. The molecule has 1 N–H and O–H groups in total. The molecule has 0 spiro atoms. The first-order valence-electron chi connectivity index (χ1n) is 8.07. The number of halogens is 1. The van der Waals surface area contributed by atoms with Crippen LogP contribution in [0.25, 0.3) is 11.1 Å². The Morgan fingerprint density at radius 3 is 2.76 bits per heavy atom.